The molecule has 0 saturated heterocycles. The predicted octanol–water partition coefficient (Wildman–Crippen LogP) is 3.25. The second-order valence-corrected chi connectivity index (χ2v) is 5.50. The van der Waals surface area contributed by atoms with Gasteiger partial charge in [-0.05, 0) is 30.3 Å². The summed E-state index contributed by atoms with van der Waals surface area (Å²) in [5, 5.41) is 9.77. The molecule has 0 aliphatic heterocycles. The smallest absolute Gasteiger partial charge is 0.243 e. The zero-order valence-electron chi connectivity index (χ0n) is 12.7. The molecule has 6 nitrogen and oxygen atoms in total. The Kier molecular flexibility index (Phi) is 4.90. The average Bonchev–Trinajstić information content (AvgIpc) is 3.06. The van der Waals surface area contributed by atoms with Crippen molar-refractivity contribution < 1.29 is 13.6 Å². The first-order chi connectivity index (χ1) is 12.0. The molecule has 1 heterocycles. The van der Waals surface area contributed by atoms with E-state index in [0.717, 1.165) is 18.2 Å². The Bertz CT molecular complexity index is 881. The van der Waals surface area contributed by atoms with Crippen LogP contribution >= 0.6 is 11.6 Å². The van der Waals surface area contributed by atoms with E-state index in [0.29, 0.717) is 16.4 Å². The van der Waals surface area contributed by atoms with Crippen LogP contribution in [-0.4, -0.2) is 27.2 Å². The topological polar surface area (TPSA) is 71.8 Å². The second-order valence-electron chi connectivity index (χ2n) is 5.06. The van der Waals surface area contributed by atoms with E-state index in [1.807, 2.05) is 0 Å². The summed E-state index contributed by atoms with van der Waals surface area (Å²) >= 11 is 5.97. The van der Waals surface area contributed by atoms with E-state index in [4.69, 9.17) is 11.6 Å². The lowest BCUT2D eigenvalue weighted by atomic mass is 10.2. The van der Waals surface area contributed by atoms with Crippen LogP contribution in [0.25, 0.3) is 5.69 Å². The molecule has 25 heavy (non-hydrogen) atoms. The number of hydrogen-bond donors (Lipinski definition) is 2. The Morgan fingerprint density at radius 3 is 2.60 bits per heavy atom. The molecular formula is C16H12ClF2N5O. The fourth-order valence-corrected chi connectivity index (χ4v) is 2.35. The van der Waals surface area contributed by atoms with Gasteiger partial charge in [0, 0.05) is 16.8 Å². The Hall–Kier alpha value is -3.00. The third kappa shape index (κ3) is 4.30. The SMILES string of the molecule is O=C(CNc1cc(F)cc(F)c1)Nc1cc(Cl)ccc1-n1cncn1. The summed E-state index contributed by atoms with van der Waals surface area (Å²) in [4.78, 5) is 16.0. The van der Waals surface area contributed by atoms with Gasteiger partial charge in [-0.15, -0.1) is 0 Å². The normalized spacial score (nSPS) is 10.5. The van der Waals surface area contributed by atoms with Gasteiger partial charge in [-0.25, -0.2) is 18.4 Å². The van der Waals surface area contributed by atoms with E-state index in [1.165, 1.54) is 17.3 Å². The number of benzene rings is 2. The van der Waals surface area contributed by atoms with Crippen molar-refractivity contribution in [3.05, 3.63) is 65.7 Å². The largest absolute Gasteiger partial charge is 0.376 e. The zero-order valence-corrected chi connectivity index (χ0v) is 13.5. The van der Waals surface area contributed by atoms with Crippen molar-refractivity contribution >= 4 is 28.9 Å². The van der Waals surface area contributed by atoms with Crippen molar-refractivity contribution in [1.29, 1.82) is 0 Å². The molecular weight excluding hydrogens is 352 g/mol. The lowest BCUT2D eigenvalue weighted by Gasteiger charge is -2.12. The number of halogens is 3. The molecule has 3 rings (SSSR count). The van der Waals surface area contributed by atoms with E-state index in [9.17, 15) is 13.6 Å². The summed E-state index contributed by atoms with van der Waals surface area (Å²) < 4.78 is 27.8. The molecule has 2 N–H and O–H groups in total. The molecule has 0 aliphatic carbocycles. The van der Waals surface area contributed by atoms with Gasteiger partial charge in [0.15, 0.2) is 0 Å². The maximum Gasteiger partial charge on any atom is 0.243 e. The number of nitrogens with one attached hydrogen (secondary N) is 2. The molecule has 9 heteroatoms. The average molecular weight is 364 g/mol. The first-order valence-corrected chi connectivity index (χ1v) is 7.53. The molecule has 0 spiro atoms. The summed E-state index contributed by atoms with van der Waals surface area (Å²) in [6.07, 6.45) is 2.84. The van der Waals surface area contributed by atoms with Crippen LogP contribution in [0.1, 0.15) is 0 Å². The highest BCUT2D eigenvalue weighted by Crippen LogP contribution is 2.24. The van der Waals surface area contributed by atoms with Gasteiger partial charge in [0.05, 0.1) is 17.9 Å². The van der Waals surface area contributed by atoms with Gasteiger partial charge in [0.2, 0.25) is 5.91 Å². The van der Waals surface area contributed by atoms with Crippen molar-refractivity contribution in [2.45, 2.75) is 0 Å². The lowest BCUT2D eigenvalue weighted by molar-refractivity contribution is -0.114. The first kappa shape index (κ1) is 16.8. The fraction of sp³-hybridized carbons (Fsp3) is 0.0625. The van der Waals surface area contributed by atoms with Gasteiger partial charge in [0.1, 0.15) is 24.3 Å². The summed E-state index contributed by atoms with van der Waals surface area (Å²) in [5.41, 5.74) is 1.16. The predicted molar refractivity (Wildman–Crippen MR) is 89.8 cm³/mol. The summed E-state index contributed by atoms with van der Waals surface area (Å²) in [6.45, 7) is -0.188. The van der Waals surface area contributed by atoms with Crippen LogP contribution in [0.2, 0.25) is 5.02 Å². The number of hydrogen-bond acceptors (Lipinski definition) is 4. The quantitative estimate of drug-likeness (QED) is 0.730. The maximum absolute atomic E-state index is 13.1. The summed E-state index contributed by atoms with van der Waals surface area (Å²) in [5.74, 6) is -1.88. The first-order valence-electron chi connectivity index (χ1n) is 7.15. The molecule has 0 unspecified atom stereocenters. The highest BCUT2D eigenvalue weighted by Gasteiger charge is 2.10. The van der Waals surface area contributed by atoms with Crippen LogP contribution in [0.15, 0.2) is 49.1 Å². The number of carbonyl (C=O) groups excluding carboxylic acids is 1. The van der Waals surface area contributed by atoms with Gasteiger partial charge in [-0.3, -0.25) is 4.79 Å². The van der Waals surface area contributed by atoms with Gasteiger partial charge in [-0.2, -0.15) is 5.10 Å². The zero-order chi connectivity index (χ0) is 17.8. The molecule has 128 valence electrons. The van der Waals surface area contributed by atoms with E-state index >= 15 is 0 Å². The molecule has 0 saturated carbocycles. The van der Waals surface area contributed by atoms with Gasteiger partial charge in [0.25, 0.3) is 0 Å². The van der Waals surface area contributed by atoms with Crippen LogP contribution in [0.4, 0.5) is 20.2 Å². The Labute approximate surface area is 146 Å². The van der Waals surface area contributed by atoms with Crippen molar-refractivity contribution in [1.82, 2.24) is 14.8 Å². The Morgan fingerprint density at radius 2 is 1.92 bits per heavy atom. The van der Waals surface area contributed by atoms with Gasteiger partial charge in [-0.1, -0.05) is 11.6 Å². The highest BCUT2D eigenvalue weighted by atomic mass is 35.5. The summed E-state index contributed by atoms with van der Waals surface area (Å²) in [6, 6.07) is 7.84. The Balaban J connectivity index is 1.72. The number of anilines is 2. The number of rotatable bonds is 5. The Morgan fingerprint density at radius 1 is 1.16 bits per heavy atom. The van der Waals surface area contributed by atoms with Gasteiger partial charge >= 0.3 is 0 Å². The second kappa shape index (κ2) is 7.27. The van der Waals surface area contributed by atoms with Crippen LogP contribution in [0, 0.1) is 11.6 Å². The molecule has 1 amide bonds. The fourth-order valence-electron chi connectivity index (χ4n) is 2.17. The molecule has 2 aromatic carbocycles. The van der Waals surface area contributed by atoms with Crippen molar-refractivity contribution in [3.63, 3.8) is 0 Å². The maximum atomic E-state index is 13.1. The number of nitrogens with zero attached hydrogens (tertiary/aromatic N) is 3. The molecule has 1 aromatic heterocycles. The third-order valence-corrected chi connectivity index (χ3v) is 3.45. The number of aromatic nitrogens is 3. The van der Waals surface area contributed by atoms with Crippen molar-refractivity contribution in [2.24, 2.45) is 0 Å². The van der Waals surface area contributed by atoms with E-state index < -0.39 is 17.5 Å². The molecule has 0 fully saturated rings. The third-order valence-electron chi connectivity index (χ3n) is 3.21. The van der Waals surface area contributed by atoms with Crippen LogP contribution in [-0.2, 0) is 4.79 Å². The van der Waals surface area contributed by atoms with Crippen LogP contribution < -0.4 is 10.6 Å². The van der Waals surface area contributed by atoms with E-state index in [2.05, 4.69) is 20.7 Å². The van der Waals surface area contributed by atoms with Crippen molar-refractivity contribution in [2.75, 3.05) is 17.2 Å². The minimum Gasteiger partial charge on any atom is -0.376 e. The van der Waals surface area contributed by atoms with Gasteiger partial charge < -0.3 is 10.6 Å². The molecule has 0 radical (unpaired) electrons. The van der Waals surface area contributed by atoms with Crippen molar-refractivity contribution in [3.8, 4) is 5.69 Å². The lowest BCUT2D eigenvalue weighted by Crippen LogP contribution is -2.22. The molecule has 0 aliphatic rings. The highest BCUT2D eigenvalue weighted by molar-refractivity contribution is 6.31. The number of amides is 1. The molecule has 3 aromatic rings. The summed E-state index contributed by atoms with van der Waals surface area (Å²) in [7, 11) is 0. The van der Waals surface area contributed by atoms with Crippen LogP contribution in [0.5, 0.6) is 0 Å². The minimum atomic E-state index is -0.730. The minimum absolute atomic E-state index is 0.162. The van der Waals surface area contributed by atoms with E-state index in [1.54, 1.807) is 18.2 Å². The standard InChI is InChI=1S/C16H12ClF2N5O/c17-10-1-2-15(24-9-20-8-22-24)14(3-10)23-16(25)7-21-13-5-11(18)4-12(19)6-13/h1-6,8-9,21H,7H2,(H,23,25). The number of carbonyl (C=O) groups is 1. The monoisotopic (exact) mass is 363 g/mol. The van der Waals surface area contributed by atoms with E-state index in [-0.39, 0.29) is 12.2 Å². The molecule has 0 atom stereocenters. The van der Waals surface area contributed by atoms with Crippen LogP contribution in [0.3, 0.4) is 0 Å². The molecule has 0 bridgehead atoms.